The highest BCUT2D eigenvalue weighted by Crippen LogP contribution is 2.29. The van der Waals surface area contributed by atoms with Crippen molar-refractivity contribution in [3.8, 4) is 0 Å². The summed E-state index contributed by atoms with van der Waals surface area (Å²) in [5, 5.41) is 8.04. The molecule has 0 spiro atoms. The van der Waals surface area contributed by atoms with Gasteiger partial charge in [-0.05, 0) is 39.5 Å². The molecule has 1 amide bonds. The third-order valence-electron chi connectivity index (χ3n) is 5.38. The molecule has 0 aliphatic carbocycles. The van der Waals surface area contributed by atoms with Crippen LogP contribution < -0.4 is 5.32 Å². The molecule has 5 nitrogen and oxygen atoms in total. The van der Waals surface area contributed by atoms with Crippen molar-refractivity contribution in [2.75, 3.05) is 7.05 Å². The van der Waals surface area contributed by atoms with Gasteiger partial charge < -0.3 is 10.2 Å². The van der Waals surface area contributed by atoms with Crippen LogP contribution in [0, 0.1) is 13.8 Å². The van der Waals surface area contributed by atoms with E-state index >= 15 is 0 Å². The Morgan fingerprint density at radius 3 is 2.30 bits per heavy atom. The van der Waals surface area contributed by atoms with Gasteiger partial charge >= 0.3 is 0 Å². The van der Waals surface area contributed by atoms with Crippen molar-refractivity contribution < 1.29 is 4.79 Å². The van der Waals surface area contributed by atoms with E-state index in [0.717, 1.165) is 29.8 Å². The van der Waals surface area contributed by atoms with E-state index in [1.54, 1.807) is 0 Å². The average Bonchev–Trinajstić information content (AvgIpc) is 2.91. The minimum Gasteiger partial charge on any atom is -0.342 e. The van der Waals surface area contributed by atoms with Crippen LogP contribution in [0.3, 0.4) is 0 Å². The van der Waals surface area contributed by atoms with Crippen LogP contribution in [-0.4, -0.2) is 45.8 Å². The van der Waals surface area contributed by atoms with Gasteiger partial charge in [-0.15, -0.1) is 24.8 Å². The number of nitrogens with one attached hydrogen (secondary N) is 1. The largest absolute Gasteiger partial charge is 0.342 e. The van der Waals surface area contributed by atoms with Crippen LogP contribution >= 0.6 is 24.8 Å². The summed E-state index contributed by atoms with van der Waals surface area (Å²) >= 11 is 0. The molecule has 2 atom stereocenters. The summed E-state index contributed by atoms with van der Waals surface area (Å²) in [5.41, 5.74) is 3.16. The Balaban J connectivity index is 0.00000132. The molecule has 132 valence electrons. The van der Waals surface area contributed by atoms with Crippen LogP contribution in [0.5, 0.6) is 0 Å². The lowest BCUT2D eigenvalue weighted by molar-refractivity contribution is -0.131. The lowest BCUT2D eigenvalue weighted by Gasteiger charge is -2.35. The van der Waals surface area contributed by atoms with Gasteiger partial charge in [-0.3, -0.25) is 9.48 Å². The molecule has 23 heavy (non-hydrogen) atoms. The van der Waals surface area contributed by atoms with Gasteiger partial charge in [0.25, 0.3) is 0 Å². The summed E-state index contributed by atoms with van der Waals surface area (Å²) in [5.74, 6) is 0.223. The Bertz CT molecular complexity index is 549. The standard InChI is InChI=1S/C16H26N4O.2ClH/c1-10-15(11(2)20(4)18-10)9-16(21)19(3)14-7-12-5-6-13(8-14)17-12;;/h12-14,17H,5-9H2,1-4H3;2*1H. The van der Waals surface area contributed by atoms with E-state index in [2.05, 4.69) is 10.4 Å². The van der Waals surface area contributed by atoms with Gasteiger partial charge in [-0.2, -0.15) is 5.10 Å². The number of hydrogen-bond acceptors (Lipinski definition) is 3. The first-order valence-electron chi connectivity index (χ1n) is 7.96. The van der Waals surface area contributed by atoms with E-state index in [1.165, 1.54) is 12.8 Å². The van der Waals surface area contributed by atoms with Crippen molar-refractivity contribution in [1.29, 1.82) is 0 Å². The number of nitrogens with zero attached hydrogens (tertiary/aromatic N) is 3. The van der Waals surface area contributed by atoms with Crippen molar-refractivity contribution in [2.45, 2.75) is 64.1 Å². The fourth-order valence-corrected chi connectivity index (χ4v) is 3.90. The molecule has 0 aromatic carbocycles. The van der Waals surface area contributed by atoms with E-state index in [-0.39, 0.29) is 30.7 Å². The number of likely N-dealkylation sites (N-methyl/N-ethyl adjacent to an activating group) is 1. The Kier molecular flexibility index (Phi) is 6.93. The van der Waals surface area contributed by atoms with Crippen molar-refractivity contribution in [3.63, 3.8) is 0 Å². The number of rotatable bonds is 3. The SMILES string of the molecule is Cc1nn(C)c(C)c1CC(=O)N(C)C1CC2CCC(C1)N2.Cl.Cl. The van der Waals surface area contributed by atoms with Crippen molar-refractivity contribution in [2.24, 2.45) is 7.05 Å². The predicted molar refractivity (Wildman–Crippen MR) is 96.6 cm³/mol. The average molecular weight is 363 g/mol. The van der Waals surface area contributed by atoms with Crippen LogP contribution in [0.4, 0.5) is 0 Å². The van der Waals surface area contributed by atoms with Crippen LogP contribution in [-0.2, 0) is 18.3 Å². The molecule has 2 fully saturated rings. The van der Waals surface area contributed by atoms with Gasteiger partial charge in [0, 0.05) is 43.5 Å². The molecule has 2 saturated heterocycles. The summed E-state index contributed by atoms with van der Waals surface area (Å²) in [7, 11) is 3.91. The lowest BCUT2D eigenvalue weighted by Crippen LogP contribution is -2.49. The molecule has 2 aliphatic rings. The molecule has 0 radical (unpaired) electrons. The first kappa shape index (κ1) is 20.3. The van der Waals surface area contributed by atoms with Gasteiger partial charge in [0.05, 0.1) is 12.1 Å². The minimum absolute atomic E-state index is 0. The van der Waals surface area contributed by atoms with Gasteiger partial charge in [0.15, 0.2) is 0 Å². The van der Waals surface area contributed by atoms with E-state index in [0.29, 0.717) is 24.5 Å². The highest BCUT2D eigenvalue weighted by atomic mass is 35.5. The zero-order valence-electron chi connectivity index (χ0n) is 14.3. The van der Waals surface area contributed by atoms with E-state index in [9.17, 15) is 4.79 Å². The van der Waals surface area contributed by atoms with Crippen LogP contribution in [0.1, 0.15) is 42.6 Å². The molecule has 2 aliphatic heterocycles. The second kappa shape index (κ2) is 7.86. The number of hydrogen-bond donors (Lipinski definition) is 1. The Labute approximate surface area is 151 Å². The predicted octanol–water partition coefficient (Wildman–Crippen LogP) is 2.16. The monoisotopic (exact) mass is 362 g/mol. The minimum atomic E-state index is 0. The molecule has 2 bridgehead atoms. The fraction of sp³-hybridized carbons (Fsp3) is 0.750. The van der Waals surface area contributed by atoms with Crippen LogP contribution in [0.2, 0.25) is 0 Å². The van der Waals surface area contributed by atoms with Crippen molar-refractivity contribution >= 4 is 30.7 Å². The Hall–Kier alpha value is -0.780. The molecular formula is C16H28Cl2N4O. The highest BCUT2D eigenvalue weighted by Gasteiger charge is 2.36. The first-order valence-corrected chi connectivity index (χ1v) is 7.96. The van der Waals surface area contributed by atoms with E-state index < -0.39 is 0 Å². The van der Waals surface area contributed by atoms with Crippen LogP contribution in [0.25, 0.3) is 0 Å². The van der Waals surface area contributed by atoms with E-state index in [1.807, 2.05) is 37.5 Å². The summed E-state index contributed by atoms with van der Waals surface area (Å²) in [6.45, 7) is 4.02. The number of fused-ring (bicyclic) bond motifs is 2. The second-order valence-corrected chi connectivity index (χ2v) is 6.72. The van der Waals surface area contributed by atoms with Crippen molar-refractivity contribution in [1.82, 2.24) is 20.0 Å². The van der Waals surface area contributed by atoms with Crippen LogP contribution in [0.15, 0.2) is 0 Å². The molecule has 3 rings (SSSR count). The molecular weight excluding hydrogens is 335 g/mol. The molecule has 1 aromatic heterocycles. The number of halogens is 2. The first-order chi connectivity index (χ1) is 9.95. The molecule has 1 aromatic rings. The normalized spacial score (nSPS) is 25.5. The molecule has 0 saturated carbocycles. The second-order valence-electron chi connectivity index (χ2n) is 6.72. The van der Waals surface area contributed by atoms with E-state index in [4.69, 9.17) is 0 Å². The molecule has 1 N–H and O–H groups in total. The topological polar surface area (TPSA) is 50.2 Å². The molecule has 7 heteroatoms. The summed E-state index contributed by atoms with van der Waals surface area (Å²) < 4.78 is 1.86. The number of piperidine rings is 1. The third-order valence-corrected chi connectivity index (χ3v) is 5.38. The quantitative estimate of drug-likeness (QED) is 0.896. The number of carbonyl (C=O) groups is 1. The smallest absolute Gasteiger partial charge is 0.227 e. The summed E-state index contributed by atoms with van der Waals surface area (Å²) in [4.78, 5) is 14.6. The zero-order chi connectivity index (χ0) is 15.1. The van der Waals surface area contributed by atoms with Gasteiger partial charge in [0.1, 0.15) is 0 Å². The maximum absolute atomic E-state index is 12.6. The van der Waals surface area contributed by atoms with Crippen molar-refractivity contribution in [3.05, 3.63) is 17.0 Å². The van der Waals surface area contributed by atoms with Gasteiger partial charge in [-0.1, -0.05) is 0 Å². The van der Waals surface area contributed by atoms with Gasteiger partial charge in [0.2, 0.25) is 5.91 Å². The summed E-state index contributed by atoms with van der Waals surface area (Å²) in [6, 6.07) is 1.63. The fourth-order valence-electron chi connectivity index (χ4n) is 3.90. The Morgan fingerprint density at radius 1 is 1.26 bits per heavy atom. The summed E-state index contributed by atoms with van der Waals surface area (Å²) in [6.07, 6.45) is 5.21. The maximum Gasteiger partial charge on any atom is 0.227 e. The number of carbonyl (C=O) groups excluding carboxylic acids is 1. The zero-order valence-corrected chi connectivity index (χ0v) is 16.0. The number of aryl methyl sites for hydroxylation is 2. The third kappa shape index (κ3) is 4.01. The lowest BCUT2D eigenvalue weighted by atomic mass is 9.98. The van der Waals surface area contributed by atoms with Gasteiger partial charge in [-0.25, -0.2) is 0 Å². The highest BCUT2D eigenvalue weighted by molar-refractivity contribution is 5.85. The maximum atomic E-state index is 12.6. The Morgan fingerprint density at radius 2 is 1.83 bits per heavy atom. The molecule has 2 unspecified atom stereocenters. The number of aromatic nitrogens is 2. The molecule has 3 heterocycles. The number of amides is 1.